The van der Waals surface area contributed by atoms with Gasteiger partial charge in [-0.15, -0.1) is 0 Å². The highest BCUT2D eigenvalue weighted by atomic mass is 32.2. The molecule has 3 heterocycles. The number of rotatable bonds is 6. The molecule has 2 aliphatic rings. The first kappa shape index (κ1) is 25.8. The minimum atomic E-state index is -2.98. The average molecular weight is 541 g/mol. The van der Waals surface area contributed by atoms with Crippen molar-refractivity contribution in [2.75, 3.05) is 43.0 Å². The summed E-state index contributed by atoms with van der Waals surface area (Å²) >= 11 is 0. The minimum Gasteiger partial charge on any atom is -0.358 e. The first-order valence-electron chi connectivity index (χ1n) is 12.1. The Hall–Kier alpha value is -3.83. The maximum atomic E-state index is 14.7. The van der Waals surface area contributed by atoms with Crippen molar-refractivity contribution in [3.63, 3.8) is 0 Å². The molecule has 38 heavy (non-hydrogen) atoms. The van der Waals surface area contributed by atoms with Crippen molar-refractivity contribution in [2.45, 2.75) is 6.92 Å². The molecule has 0 atom stereocenters. The van der Waals surface area contributed by atoms with Gasteiger partial charge in [0.15, 0.2) is 9.84 Å². The van der Waals surface area contributed by atoms with Crippen molar-refractivity contribution >= 4 is 39.0 Å². The van der Waals surface area contributed by atoms with Gasteiger partial charge in [0.2, 0.25) is 0 Å². The van der Waals surface area contributed by atoms with Crippen molar-refractivity contribution in [3.05, 3.63) is 76.6 Å². The van der Waals surface area contributed by atoms with Gasteiger partial charge >= 0.3 is 0 Å². The minimum absolute atomic E-state index is 0.109. The number of carbonyl (C=O) groups excluding carboxylic acids is 2. The molecule has 2 aliphatic heterocycles. The number of sulfone groups is 1. The largest absolute Gasteiger partial charge is 0.358 e. The summed E-state index contributed by atoms with van der Waals surface area (Å²) in [6, 6.07) is 10.1. The Morgan fingerprint density at radius 2 is 1.76 bits per heavy atom. The molecule has 2 amide bonds. The molecule has 11 heteroatoms. The molecular formula is C27H26F2N4O4S. The predicted molar refractivity (Wildman–Crippen MR) is 141 cm³/mol. The van der Waals surface area contributed by atoms with Crippen LogP contribution in [0.1, 0.15) is 27.3 Å². The summed E-state index contributed by atoms with van der Waals surface area (Å²) in [5.41, 5.74) is 2.30. The van der Waals surface area contributed by atoms with Crippen LogP contribution in [-0.2, 0) is 14.6 Å². The number of nitrogens with zero attached hydrogens (tertiary/aromatic N) is 1. The molecule has 0 spiro atoms. The van der Waals surface area contributed by atoms with E-state index in [-0.39, 0.29) is 34.1 Å². The highest BCUT2D eigenvalue weighted by Gasteiger charge is 2.30. The molecule has 2 aromatic carbocycles. The quantitative estimate of drug-likeness (QED) is 0.416. The summed E-state index contributed by atoms with van der Waals surface area (Å²) in [6.07, 6.45) is 1.51. The molecule has 0 saturated carbocycles. The zero-order chi connectivity index (χ0) is 27.0. The molecule has 198 valence electrons. The number of nitrogens with one attached hydrogen (secondary N) is 3. The normalized spacial score (nSPS) is 17.9. The molecule has 0 bridgehead atoms. The third-order valence-corrected chi connectivity index (χ3v) is 8.33. The molecule has 3 N–H and O–H groups in total. The topological polar surface area (TPSA) is 111 Å². The number of carbonyl (C=O) groups is 2. The lowest BCUT2D eigenvalue weighted by Gasteiger charge is -2.26. The molecule has 3 aromatic rings. The van der Waals surface area contributed by atoms with Crippen molar-refractivity contribution in [3.8, 4) is 11.1 Å². The van der Waals surface area contributed by atoms with E-state index in [4.69, 9.17) is 0 Å². The molecule has 8 nitrogen and oxygen atoms in total. The lowest BCUT2D eigenvalue weighted by Crippen LogP contribution is -2.43. The Morgan fingerprint density at radius 1 is 1.08 bits per heavy atom. The van der Waals surface area contributed by atoms with E-state index in [9.17, 15) is 26.8 Å². The fraction of sp³-hybridized carbons (Fsp3) is 0.259. The number of aryl methyl sites for hydroxylation is 1. The first-order valence-corrected chi connectivity index (χ1v) is 14.0. The van der Waals surface area contributed by atoms with E-state index >= 15 is 0 Å². The van der Waals surface area contributed by atoms with Crippen LogP contribution >= 0.6 is 0 Å². The number of halogens is 2. The summed E-state index contributed by atoms with van der Waals surface area (Å²) in [5, 5.41) is 5.58. The summed E-state index contributed by atoms with van der Waals surface area (Å²) in [7, 11) is -2.98. The van der Waals surface area contributed by atoms with Crippen LogP contribution in [-0.4, -0.2) is 67.8 Å². The maximum absolute atomic E-state index is 14.7. The summed E-state index contributed by atoms with van der Waals surface area (Å²) in [4.78, 5) is 31.0. The highest BCUT2D eigenvalue weighted by molar-refractivity contribution is 7.91. The van der Waals surface area contributed by atoms with Gasteiger partial charge in [0.05, 0.1) is 33.9 Å². The van der Waals surface area contributed by atoms with Crippen LogP contribution in [0.3, 0.4) is 0 Å². The van der Waals surface area contributed by atoms with Crippen LogP contribution in [0.5, 0.6) is 0 Å². The van der Waals surface area contributed by atoms with E-state index < -0.39 is 27.4 Å². The van der Waals surface area contributed by atoms with Crippen LogP contribution in [0.25, 0.3) is 22.8 Å². The van der Waals surface area contributed by atoms with E-state index in [1.807, 2.05) is 4.90 Å². The number of fused-ring (bicyclic) bond motifs is 1. The zero-order valence-electron chi connectivity index (χ0n) is 20.6. The number of hydrogen-bond acceptors (Lipinski definition) is 5. The number of H-pyrrole nitrogens is 1. The van der Waals surface area contributed by atoms with E-state index in [2.05, 4.69) is 15.6 Å². The molecule has 1 saturated heterocycles. The smallest absolute Gasteiger partial charge is 0.256 e. The number of aromatic nitrogens is 1. The lowest BCUT2D eigenvalue weighted by molar-refractivity contribution is -0.110. The van der Waals surface area contributed by atoms with Crippen LogP contribution in [0.2, 0.25) is 0 Å². The first-order chi connectivity index (χ1) is 18.1. The summed E-state index contributed by atoms with van der Waals surface area (Å²) in [5.74, 6) is -2.10. The van der Waals surface area contributed by atoms with Gasteiger partial charge in [0.1, 0.15) is 11.6 Å². The van der Waals surface area contributed by atoms with Crippen LogP contribution in [0.4, 0.5) is 14.5 Å². The van der Waals surface area contributed by atoms with Crippen LogP contribution < -0.4 is 10.6 Å². The number of benzene rings is 2. The molecule has 0 aliphatic carbocycles. The van der Waals surface area contributed by atoms with Crippen molar-refractivity contribution in [2.24, 2.45) is 0 Å². The Bertz CT molecular complexity index is 1550. The van der Waals surface area contributed by atoms with Gasteiger partial charge in [-0.1, -0.05) is 18.2 Å². The van der Waals surface area contributed by atoms with Gasteiger partial charge in [-0.3, -0.25) is 14.5 Å². The number of amides is 2. The van der Waals surface area contributed by atoms with Gasteiger partial charge in [0.25, 0.3) is 11.8 Å². The number of hydrogen-bond donors (Lipinski definition) is 3. The van der Waals surface area contributed by atoms with Crippen LogP contribution in [0, 0.1) is 18.6 Å². The molecular weight excluding hydrogens is 514 g/mol. The maximum Gasteiger partial charge on any atom is 0.256 e. The monoisotopic (exact) mass is 540 g/mol. The Kier molecular flexibility index (Phi) is 6.89. The Labute approximate surface area is 218 Å². The lowest BCUT2D eigenvalue weighted by atomic mass is 9.93. The zero-order valence-corrected chi connectivity index (χ0v) is 21.4. The van der Waals surface area contributed by atoms with Crippen LogP contribution in [0.15, 0.2) is 42.5 Å². The Morgan fingerprint density at radius 3 is 2.47 bits per heavy atom. The van der Waals surface area contributed by atoms with Gasteiger partial charge in [-0.05, 0) is 42.8 Å². The highest BCUT2D eigenvalue weighted by Crippen LogP contribution is 2.42. The fourth-order valence-electron chi connectivity index (χ4n) is 4.80. The van der Waals surface area contributed by atoms with Gasteiger partial charge in [0, 0.05) is 43.1 Å². The second-order valence-corrected chi connectivity index (χ2v) is 11.7. The second kappa shape index (κ2) is 10.1. The summed E-state index contributed by atoms with van der Waals surface area (Å²) in [6.45, 7) is 3.46. The van der Waals surface area contributed by atoms with Gasteiger partial charge in [-0.2, -0.15) is 0 Å². The SMILES string of the molecule is Cc1cc(C(=O)NCCN2CCS(=O)(=O)CC2)c(/C=C2\C(=O)Nc3cccc(-c4c(F)cccc4F)c32)[nH]1. The average Bonchev–Trinajstić information content (AvgIpc) is 3.39. The predicted octanol–water partition coefficient (Wildman–Crippen LogP) is 3.22. The van der Waals surface area contributed by atoms with E-state index in [1.165, 1.54) is 12.1 Å². The van der Waals surface area contributed by atoms with E-state index in [0.717, 1.165) is 12.1 Å². The van der Waals surface area contributed by atoms with E-state index in [1.54, 1.807) is 31.2 Å². The molecule has 5 rings (SSSR count). The molecule has 1 fully saturated rings. The van der Waals surface area contributed by atoms with Gasteiger partial charge < -0.3 is 15.6 Å². The number of aromatic amines is 1. The van der Waals surface area contributed by atoms with Crippen molar-refractivity contribution in [1.82, 2.24) is 15.2 Å². The standard InChI is InChI=1S/C27H26F2N4O4S/c1-16-14-18(26(34)30-8-9-33-10-12-38(36,37)13-11-33)23(31-16)15-19-24-17(4-2-7-22(24)32-27(19)35)25-20(28)5-3-6-21(25)29/h2-7,14-15,31H,8-13H2,1H3,(H,30,34)(H,32,35)/b19-15-. The molecule has 0 radical (unpaired) electrons. The summed E-state index contributed by atoms with van der Waals surface area (Å²) < 4.78 is 52.5. The molecule has 1 aromatic heterocycles. The number of anilines is 1. The molecule has 0 unspecified atom stereocenters. The second-order valence-electron chi connectivity index (χ2n) is 9.37. The third-order valence-electron chi connectivity index (χ3n) is 6.73. The van der Waals surface area contributed by atoms with E-state index in [0.29, 0.717) is 54.4 Å². The Balaban J connectivity index is 1.42. The van der Waals surface area contributed by atoms with Gasteiger partial charge in [-0.25, -0.2) is 17.2 Å². The van der Waals surface area contributed by atoms with Crippen molar-refractivity contribution < 1.29 is 26.8 Å². The van der Waals surface area contributed by atoms with Crippen molar-refractivity contribution in [1.29, 1.82) is 0 Å². The fourth-order valence-corrected chi connectivity index (χ4v) is 6.08. The third kappa shape index (κ3) is 5.11.